The molecule has 300 valence electrons. The van der Waals surface area contributed by atoms with Gasteiger partial charge in [0.05, 0.1) is 21.3 Å². The summed E-state index contributed by atoms with van der Waals surface area (Å²) >= 11 is 0. The molecular weight excluding hydrogens is 757 g/mol. The number of hydrogen-bond acceptors (Lipinski definition) is 9. The maximum absolute atomic E-state index is 9.89. The zero-order chi connectivity index (χ0) is 41.6. The highest BCUT2D eigenvalue weighted by Gasteiger charge is 2.25. The van der Waals surface area contributed by atoms with Crippen molar-refractivity contribution in [3.05, 3.63) is 191 Å². The Balaban J connectivity index is 0.000000167. The van der Waals surface area contributed by atoms with Crippen LogP contribution >= 0.6 is 0 Å². The standard InChI is InChI=1S/C27H20O4.C24H22O5/c28-20-10-6-18(7-11-20)25-17-30-26-16-21(29)12-15-24(26)27(25)19-8-13-23(14-9-19)31-22-4-2-1-3-5-22;1-26-18-8-4-15(5-9-18)24-19-10-7-17(25)13-22(19)29-14-20(24)16-6-11-21(27-2)23(12-16)28-3/h1-16,28-29H,17H2;4-13,25H,14H2,1-3H3. The summed E-state index contributed by atoms with van der Waals surface area (Å²) in [7, 11) is 4.89. The second-order valence-corrected chi connectivity index (χ2v) is 13.9. The number of phenols is 3. The fourth-order valence-electron chi connectivity index (χ4n) is 7.32. The van der Waals surface area contributed by atoms with Gasteiger partial charge in [0.15, 0.2) is 11.5 Å². The summed E-state index contributed by atoms with van der Waals surface area (Å²) in [6.45, 7) is 0.728. The van der Waals surface area contributed by atoms with Crippen LogP contribution in [0.25, 0.3) is 22.3 Å². The first-order valence-corrected chi connectivity index (χ1v) is 19.2. The molecule has 0 fully saturated rings. The van der Waals surface area contributed by atoms with Crippen molar-refractivity contribution in [2.24, 2.45) is 0 Å². The van der Waals surface area contributed by atoms with Crippen molar-refractivity contribution < 1.29 is 43.7 Å². The van der Waals surface area contributed by atoms with Crippen molar-refractivity contribution in [1.82, 2.24) is 0 Å². The molecule has 9 nitrogen and oxygen atoms in total. The van der Waals surface area contributed by atoms with Crippen molar-refractivity contribution in [3.8, 4) is 57.5 Å². The summed E-state index contributed by atoms with van der Waals surface area (Å²) < 4.78 is 34.0. The Bertz CT molecular complexity index is 2680. The lowest BCUT2D eigenvalue weighted by Gasteiger charge is -2.25. The first-order chi connectivity index (χ1) is 29.3. The molecule has 9 rings (SSSR count). The van der Waals surface area contributed by atoms with Crippen molar-refractivity contribution in [2.45, 2.75) is 0 Å². The Labute approximate surface area is 348 Å². The average molecular weight is 799 g/mol. The van der Waals surface area contributed by atoms with Crippen LogP contribution in [0.2, 0.25) is 0 Å². The topological polar surface area (TPSA) is 116 Å². The molecule has 0 aromatic heterocycles. The summed E-state index contributed by atoms with van der Waals surface area (Å²) in [5.74, 6) is 5.50. The van der Waals surface area contributed by atoms with Crippen LogP contribution in [0.5, 0.6) is 57.5 Å². The molecule has 0 radical (unpaired) electrons. The van der Waals surface area contributed by atoms with Crippen LogP contribution in [0.3, 0.4) is 0 Å². The van der Waals surface area contributed by atoms with E-state index in [9.17, 15) is 15.3 Å². The summed E-state index contributed by atoms with van der Waals surface area (Å²) in [6.07, 6.45) is 0. The molecular formula is C51H42O9. The van der Waals surface area contributed by atoms with E-state index in [1.807, 2.05) is 121 Å². The first kappa shape index (κ1) is 39.1. The van der Waals surface area contributed by atoms with Crippen LogP contribution in [-0.2, 0) is 0 Å². The highest BCUT2D eigenvalue weighted by Crippen LogP contribution is 2.45. The van der Waals surface area contributed by atoms with E-state index in [0.717, 1.165) is 72.9 Å². The second kappa shape index (κ2) is 17.4. The number of ether oxygens (including phenoxy) is 6. The molecule has 7 aromatic carbocycles. The third-order valence-corrected chi connectivity index (χ3v) is 10.3. The average Bonchev–Trinajstić information content (AvgIpc) is 3.29. The lowest BCUT2D eigenvalue weighted by atomic mass is 9.87. The van der Waals surface area contributed by atoms with E-state index >= 15 is 0 Å². The Kier molecular flexibility index (Phi) is 11.3. The molecule has 9 heteroatoms. The van der Waals surface area contributed by atoms with Gasteiger partial charge in [-0.1, -0.05) is 60.7 Å². The summed E-state index contributed by atoms with van der Waals surface area (Å²) in [4.78, 5) is 0. The second-order valence-electron chi connectivity index (χ2n) is 13.9. The van der Waals surface area contributed by atoms with Crippen molar-refractivity contribution in [3.63, 3.8) is 0 Å². The Morgan fingerprint density at radius 3 is 1.40 bits per heavy atom. The molecule has 2 aliphatic rings. The number of phenolic OH excluding ortho intramolecular Hbond substituents is 3. The van der Waals surface area contributed by atoms with Gasteiger partial charge in [0.1, 0.15) is 59.2 Å². The van der Waals surface area contributed by atoms with Crippen molar-refractivity contribution in [1.29, 1.82) is 0 Å². The minimum absolute atomic E-state index is 0.165. The first-order valence-electron chi connectivity index (χ1n) is 19.2. The number of methoxy groups -OCH3 is 3. The van der Waals surface area contributed by atoms with Gasteiger partial charge >= 0.3 is 0 Å². The third-order valence-electron chi connectivity index (χ3n) is 10.3. The van der Waals surface area contributed by atoms with Crippen LogP contribution in [0, 0.1) is 0 Å². The van der Waals surface area contributed by atoms with Gasteiger partial charge < -0.3 is 43.7 Å². The number of hydrogen-bond donors (Lipinski definition) is 3. The molecule has 2 aliphatic heterocycles. The molecule has 2 heterocycles. The van der Waals surface area contributed by atoms with Gasteiger partial charge in [-0.2, -0.15) is 0 Å². The number of fused-ring (bicyclic) bond motifs is 2. The summed E-state index contributed by atoms with van der Waals surface area (Å²) in [6, 6.07) is 48.8. The predicted octanol–water partition coefficient (Wildman–Crippen LogP) is 11.0. The van der Waals surface area contributed by atoms with Crippen LogP contribution in [0.15, 0.2) is 158 Å². The quantitative estimate of drug-likeness (QED) is 0.131. The highest BCUT2D eigenvalue weighted by atomic mass is 16.5. The van der Waals surface area contributed by atoms with Gasteiger partial charge in [0.25, 0.3) is 0 Å². The van der Waals surface area contributed by atoms with Gasteiger partial charge in [0.2, 0.25) is 0 Å². The van der Waals surface area contributed by atoms with Gasteiger partial charge in [-0.3, -0.25) is 0 Å². The van der Waals surface area contributed by atoms with E-state index < -0.39 is 0 Å². The van der Waals surface area contributed by atoms with Crippen molar-refractivity contribution >= 4 is 22.3 Å². The SMILES string of the molecule is COc1ccc(C2=C(c3ccc(OC)c(OC)c3)COc3cc(O)ccc32)cc1.Oc1ccc(C2=C(c3ccc(Oc4ccccc4)cc3)c3ccc(O)cc3OC2)cc1. The van der Waals surface area contributed by atoms with Crippen LogP contribution in [0.4, 0.5) is 0 Å². The van der Waals surface area contributed by atoms with Gasteiger partial charge in [0, 0.05) is 34.4 Å². The minimum atomic E-state index is 0.165. The van der Waals surface area contributed by atoms with E-state index in [0.29, 0.717) is 36.2 Å². The maximum atomic E-state index is 9.89. The zero-order valence-electron chi connectivity index (χ0n) is 33.2. The molecule has 7 aromatic rings. The zero-order valence-corrected chi connectivity index (χ0v) is 33.2. The van der Waals surface area contributed by atoms with Gasteiger partial charge in [-0.05, 0) is 118 Å². The molecule has 60 heavy (non-hydrogen) atoms. The molecule has 0 bridgehead atoms. The summed E-state index contributed by atoms with van der Waals surface area (Å²) in [5, 5.41) is 29.5. The Morgan fingerprint density at radius 2 is 0.867 bits per heavy atom. The normalized spacial score (nSPS) is 12.8. The van der Waals surface area contributed by atoms with E-state index in [-0.39, 0.29) is 17.2 Å². The predicted molar refractivity (Wildman–Crippen MR) is 233 cm³/mol. The van der Waals surface area contributed by atoms with E-state index in [2.05, 4.69) is 0 Å². The molecule has 3 N–H and O–H groups in total. The molecule has 0 aliphatic carbocycles. The fourth-order valence-corrected chi connectivity index (χ4v) is 7.32. The third kappa shape index (κ3) is 8.28. The fraction of sp³-hybridized carbons (Fsp3) is 0.0980. The Morgan fingerprint density at radius 1 is 0.400 bits per heavy atom. The van der Waals surface area contributed by atoms with Gasteiger partial charge in [-0.15, -0.1) is 0 Å². The lowest BCUT2D eigenvalue weighted by Crippen LogP contribution is -2.11. The van der Waals surface area contributed by atoms with Crippen molar-refractivity contribution in [2.75, 3.05) is 34.5 Å². The lowest BCUT2D eigenvalue weighted by molar-refractivity contribution is 0.353. The minimum Gasteiger partial charge on any atom is -0.508 e. The summed E-state index contributed by atoms with van der Waals surface area (Å²) in [5.41, 5.74) is 9.92. The smallest absolute Gasteiger partial charge is 0.161 e. The van der Waals surface area contributed by atoms with Crippen LogP contribution in [-0.4, -0.2) is 49.9 Å². The Hall–Kier alpha value is -7.78. The number of para-hydroxylation sites is 1. The van der Waals surface area contributed by atoms with Crippen LogP contribution < -0.4 is 28.4 Å². The molecule has 0 unspecified atom stereocenters. The number of aromatic hydroxyl groups is 3. The molecule has 0 atom stereocenters. The van der Waals surface area contributed by atoms with Crippen LogP contribution in [0.1, 0.15) is 33.4 Å². The molecule has 0 amide bonds. The highest BCUT2D eigenvalue weighted by molar-refractivity contribution is 6.03. The van der Waals surface area contributed by atoms with E-state index in [1.54, 1.807) is 57.7 Å². The van der Waals surface area contributed by atoms with E-state index in [1.165, 1.54) is 0 Å². The van der Waals surface area contributed by atoms with Gasteiger partial charge in [-0.25, -0.2) is 0 Å². The molecule has 0 spiro atoms. The number of rotatable bonds is 9. The number of benzene rings is 7. The molecule has 0 saturated heterocycles. The van der Waals surface area contributed by atoms with E-state index in [4.69, 9.17) is 28.4 Å². The molecule has 0 saturated carbocycles. The maximum Gasteiger partial charge on any atom is 0.161 e. The monoisotopic (exact) mass is 798 g/mol. The largest absolute Gasteiger partial charge is 0.508 e.